The highest BCUT2D eigenvalue weighted by Crippen LogP contribution is 2.17. The van der Waals surface area contributed by atoms with Gasteiger partial charge in [-0.2, -0.15) is 0 Å². The van der Waals surface area contributed by atoms with Gasteiger partial charge in [0.15, 0.2) is 0 Å². The number of nitrogens with zero attached hydrogens (tertiary/aromatic N) is 1. The second-order valence-corrected chi connectivity index (χ2v) is 5.73. The number of hydrogen-bond acceptors (Lipinski definition) is 4. The molecular weight excluding hydrogens is 266 g/mol. The average Bonchev–Trinajstić information content (AvgIpc) is 2.71. The molecule has 3 N–H and O–H groups in total. The van der Waals surface area contributed by atoms with Crippen molar-refractivity contribution in [1.82, 2.24) is 10.3 Å². The number of nitrogens with two attached hydrogens (primary N) is 1. The van der Waals surface area contributed by atoms with Gasteiger partial charge in [0.1, 0.15) is 12.4 Å². The molecule has 1 aromatic carbocycles. The summed E-state index contributed by atoms with van der Waals surface area (Å²) in [6, 6.07) is 7.09. The zero-order valence-corrected chi connectivity index (χ0v) is 12.7. The zero-order chi connectivity index (χ0) is 15.1. The first-order valence-electron chi connectivity index (χ1n) is 7.65. The van der Waals surface area contributed by atoms with E-state index < -0.39 is 0 Å². The first-order chi connectivity index (χ1) is 10.2. The molecule has 21 heavy (non-hydrogen) atoms. The number of nitrogens with one attached hydrogen (secondary N) is 1. The quantitative estimate of drug-likeness (QED) is 0.493. The van der Waals surface area contributed by atoms with Crippen molar-refractivity contribution in [3.8, 4) is 5.75 Å². The maximum Gasteiger partial charge on any atom is 0.265 e. The molecule has 0 aromatic heterocycles. The SMILES string of the molecule is CC1CCCN(CCOc2cccc(C(=O)NN)c2)CC1. The Labute approximate surface area is 126 Å². The maximum atomic E-state index is 11.5. The van der Waals surface area contributed by atoms with E-state index in [4.69, 9.17) is 10.6 Å². The maximum absolute atomic E-state index is 11.5. The van der Waals surface area contributed by atoms with Crippen molar-refractivity contribution in [2.45, 2.75) is 26.2 Å². The highest BCUT2D eigenvalue weighted by molar-refractivity contribution is 5.94. The lowest BCUT2D eigenvalue weighted by atomic mass is 10.0. The number of hydrogen-bond donors (Lipinski definition) is 2. The molecule has 1 heterocycles. The van der Waals surface area contributed by atoms with Gasteiger partial charge >= 0.3 is 0 Å². The van der Waals surface area contributed by atoms with E-state index >= 15 is 0 Å². The lowest BCUT2D eigenvalue weighted by Gasteiger charge is -2.20. The lowest BCUT2D eigenvalue weighted by molar-refractivity contribution is 0.0953. The Bertz CT molecular complexity index is 465. The van der Waals surface area contributed by atoms with Gasteiger partial charge in [-0.1, -0.05) is 13.0 Å². The third-order valence-electron chi connectivity index (χ3n) is 4.01. The highest BCUT2D eigenvalue weighted by Gasteiger charge is 2.13. The Kier molecular flexibility index (Phi) is 6.02. The van der Waals surface area contributed by atoms with Crippen molar-refractivity contribution in [3.63, 3.8) is 0 Å². The fourth-order valence-electron chi connectivity index (χ4n) is 2.65. The molecule has 5 heteroatoms. The van der Waals surface area contributed by atoms with Crippen molar-refractivity contribution in [3.05, 3.63) is 29.8 Å². The van der Waals surface area contributed by atoms with E-state index in [0.717, 1.165) is 25.6 Å². The second kappa shape index (κ2) is 8.00. The monoisotopic (exact) mass is 291 g/mol. The number of rotatable bonds is 5. The Morgan fingerprint density at radius 3 is 3.10 bits per heavy atom. The van der Waals surface area contributed by atoms with Gasteiger partial charge in [-0.3, -0.25) is 15.1 Å². The van der Waals surface area contributed by atoms with Crippen LogP contribution in [0.15, 0.2) is 24.3 Å². The summed E-state index contributed by atoms with van der Waals surface area (Å²) in [6.45, 7) is 6.21. The summed E-state index contributed by atoms with van der Waals surface area (Å²) in [5, 5.41) is 0. The molecule has 0 spiro atoms. The number of carbonyl (C=O) groups is 1. The summed E-state index contributed by atoms with van der Waals surface area (Å²) in [5.41, 5.74) is 2.64. The predicted octanol–water partition coefficient (Wildman–Crippen LogP) is 1.79. The van der Waals surface area contributed by atoms with Crippen LogP contribution in [-0.4, -0.2) is 37.0 Å². The molecule has 2 rings (SSSR count). The average molecular weight is 291 g/mol. The van der Waals surface area contributed by atoms with E-state index in [-0.39, 0.29) is 5.91 Å². The number of hydrazine groups is 1. The molecule has 1 atom stereocenters. The summed E-state index contributed by atoms with van der Waals surface area (Å²) in [5.74, 6) is 6.37. The number of nitrogen functional groups attached to an aromatic ring is 1. The van der Waals surface area contributed by atoms with Gasteiger partial charge in [0.2, 0.25) is 0 Å². The smallest absolute Gasteiger partial charge is 0.265 e. The first-order valence-corrected chi connectivity index (χ1v) is 7.65. The van der Waals surface area contributed by atoms with Crippen LogP contribution in [0, 0.1) is 5.92 Å². The standard InChI is InChI=1S/C16H25N3O2/c1-13-4-3-8-19(9-7-13)10-11-21-15-6-2-5-14(12-15)16(20)18-17/h2,5-6,12-13H,3-4,7-11,17H2,1H3,(H,18,20). The summed E-state index contributed by atoms with van der Waals surface area (Å²) in [7, 11) is 0. The third kappa shape index (κ3) is 5.02. The zero-order valence-electron chi connectivity index (χ0n) is 12.7. The van der Waals surface area contributed by atoms with Gasteiger partial charge in [-0.05, 0) is 56.5 Å². The van der Waals surface area contributed by atoms with Crippen LogP contribution in [0.2, 0.25) is 0 Å². The Hall–Kier alpha value is -1.59. The van der Waals surface area contributed by atoms with Crippen LogP contribution >= 0.6 is 0 Å². The van der Waals surface area contributed by atoms with Crippen LogP contribution in [-0.2, 0) is 0 Å². The molecule has 0 radical (unpaired) electrons. The molecule has 1 aromatic rings. The molecule has 0 bridgehead atoms. The summed E-state index contributed by atoms with van der Waals surface area (Å²) >= 11 is 0. The molecule has 1 saturated heterocycles. The Morgan fingerprint density at radius 1 is 1.43 bits per heavy atom. The molecule has 0 saturated carbocycles. The minimum absolute atomic E-state index is 0.304. The largest absolute Gasteiger partial charge is 0.492 e. The first kappa shape index (κ1) is 15.8. The minimum atomic E-state index is -0.304. The van der Waals surface area contributed by atoms with Crippen molar-refractivity contribution in [2.24, 2.45) is 11.8 Å². The summed E-state index contributed by atoms with van der Waals surface area (Å²) in [4.78, 5) is 13.9. The number of amides is 1. The van der Waals surface area contributed by atoms with E-state index in [1.165, 1.54) is 19.3 Å². The van der Waals surface area contributed by atoms with Crippen LogP contribution in [0.3, 0.4) is 0 Å². The van der Waals surface area contributed by atoms with E-state index in [1.807, 2.05) is 6.07 Å². The molecule has 1 aliphatic heterocycles. The normalized spacial score (nSPS) is 19.8. The van der Waals surface area contributed by atoms with Crippen LogP contribution in [0.5, 0.6) is 5.75 Å². The van der Waals surface area contributed by atoms with Gasteiger partial charge in [-0.15, -0.1) is 0 Å². The second-order valence-electron chi connectivity index (χ2n) is 5.73. The minimum Gasteiger partial charge on any atom is -0.492 e. The Morgan fingerprint density at radius 2 is 2.29 bits per heavy atom. The van der Waals surface area contributed by atoms with Gasteiger partial charge in [0, 0.05) is 12.1 Å². The van der Waals surface area contributed by atoms with Crippen LogP contribution < -0.4 is 16.0 Å². The van der Waals surface area contributed by atoms with Crippen molar-refractivity contribution < 1.29 is 9.53 Å². The number of benzene rings is 1. The number of ether oxygens (including phenoxy) is 1. The fraction of sp³-hybridized carbons (Fsp3) is 0.562. The topological polar surface area (TPSA) is 67.6 Å². The van der Waals surface area contributed by atoms with E-state index in [0.29, 0.717) is 17.9 Å². The van der Waals surface area contributed by atoms with Gasteiger partial charge in [0.25, 0.3) is 5.91 Å². The van der Waals surface area contributed by atoms with Crippen molar-refractivity contribution in [1.29, 1.82) is 0 Å². The summed E-state index contributed by atoms with van der Waals surface area (Å²) in [6.07, 6.45) is 3.87. The van der Waals surface area contributed by atoms with Gasteiger partial charge in [0.05, 0.1) is 0 Å². The predicted molar refractivity (Wildman–Crippen MR) is 83.0 cm³/mol. The molecule has 1 unspecified atom stereocenters. The molecule has 0 aliphatic carbocycles. The molecular formula is C16H25N3O2. The van der Waals surface area contributed by atoms with Crippen molar-refractivity contribution in [2.75, 3.05) is 26.2 Å². The van der Waals surface area contributed by atoms with Crippen molar-refractivity contribution >= 4 is 5.91 Å². The lowest BCUT2D eigenvalue weighted by Crippen LogP contribution is -2.30. The molecule has 1 amide bonds. The fourth-order valence-corrected chi connectivity index (χ4v) is 2.65. The number of likely N-dealkylation sites (tertiary alicyclic amines) is 1. The molecule has 1 fully saturated rings. The van der Waals surface area contributed by atoms with Gasteiger partial charge in [-0.25, -0.2) is 5.84 Å². The third-order valence-corrected chi connectivity index (χ3v) is 4.01. The van der Waals surface area contributed by atoms with E-state index in [9.17, 15) is 4.79 Å². The highest BCUT2D eigenvalue weighted by atomic mass is 16.5. The van der Waals surface area contributed by atoms with Crippen LogP contribution in [0.4, 0.5) is 0 Å². The summed E-state index contributed by atoms with van der Waals surface area (Å²) < 4.78 is 5.75. The molecule has 1 aliphatic rings. The molecule has 116 valence electrons. The van der Waals surface area contributed by atoms with Crippen LogP contribution in [0.25, 0.3) is 0 Å². The van der Waals surface area contributed by atoms with Crippen LogP contribution in [0.1, 0.15) is 36.5 Å². The number of carbonyl (C=O) groups excluding carboxylic acids is 1. The molecule has 5 nitrogen and oxygen atoms in total. The van der Waals surface area contributed by atoms with Gasteiger partial charge < -0.3 is 4.74 Å². The van der Waals surface area contributed by atoms with E-state index in [2.05, 4.69) is 17.2 Å². The van der Waals surface area contributed by atoms with E-state index in [1.54, 1.807) is 18.2 Å². The Balaban J connectivity index is 1.79.